The van der Waals surface area contributed by atoms with Crippen LogP contribution >= 0.6 is 0 Å². The Morgan fingerprint density at radius 2 is 1.68 bits per heavy atom. The van der Waals surface area contributed by atoms with Gasteiger partial charge in [0.1, 0.15) is 0 Å². The van der Waals surface area contributed by atoms with Crippen LogP contribution in [0.1, 0.15) is 6.92 Å². The van der Waals surface area contributed by atoms with Crippen molar-refractivity contribution in [2.24, 2.45) is 0 Å². The zero-order valence-corrected chi connectivity index (χ0v) is 13.6. The second kappa shape index (κ2) is 5.81. The SMILES string of the molecule is C=C(C)C(=O)NS(=O)(=O)c1cccc2c(N(C)C)cccc12. The Balaban J connectivity index is 2.64. The second-order valence-electron chi connectivity index (χ2n) is 5.24. The van der Waals surface area contributed by atoms with Crippen LogP contribution < -0.4 is 9.62 Å². The zero-order valence-electron chi connectivity index (χ0n) is 12.8. The first-order valence-electron chi connectivity index (χ1n) is 6.66. The van der Waals surface area contributed by atoms with Gasteiger partial charge in [-0.2, -0.15) is 0 Å². The smallest absolute Gasteiger partial charge is 0.264 e. The van der Waals surface area contributed by atoms with Crippen LogP contribution in [-0.4, -0.2) is 28.4 Å². The molecule has 22 heavy (non-hydrogen) atoms. The van der Waals surface area contributed by atoms with E-state index in [0.29, 0.717) is 5.39 Å². The van der Waals surface area contributed by atoms with Gasteiger partial charge in [-0.1, -0.05) is 30.8 Å². The van der Waals surface area contributed by atoms with Gasteiger partial charge < -0.3 is 4.90 Å². The summed E-state index contributed by atoms with van der Waals surface area (Å²) in [7, 11) is -0.177. The number of nitrogens with one attached hydrogen (secondary N) is 1. The standard InChI is InChI=1S/C16H18N2O3S/c1-11(2)16(19)17-22(20,21)15-10-6-7-12-13(15)8-5-9-14(12)18(3)4/h5-10H,1H2,2-4H3,(H,17,19). The fraction of sp³-hybridized carbons (Fsp3) is 0.188. The van der Waals surface area contributed by atoms with Crippen molar-refractivity contribution in [3.8, 4) is 0 Å². The van der Waals surface area contributed by atoms with Crippen molar-refractivity contribution in [3.05, 3.63) is 48.6 Å². The number of hydrogen-bond donors (Lipinski definition) is 1. The largest absolute Gasteiger partial charge is 0.377 e. The molecule has 2 rings (SSSR count). The Morgan fingerprint density at radius 3 is 2.27 bits per heavy atom. The minimum Gasteiger partial charge on any atom is -0.377 e. The predicted octanol–water partition coefficient (Wildman–Crippen LogP) is 2.29. The van der Waals surface area contributed by atoms with Crippen LogP contribution in [0.25, 0.3) is 10.8 Å². The second-order valence-corrected chi connectivity index (χ2v) is 6.89. The van der Waals surface area contributed by atoms with Crippen LogP contribution in [0.3, 0.4) is 0 Å². The molecule has 0 spiro atoms. The van der Waals surface area contributed by atoms with Gasteiger partial charge in [-0.3, -0.25) is 4.79 Å². The van der Waals surface area contributed by atoms with Gasteiger partial charge in [0.05, 0.1) is 4.90 Å². The lowest BCUT2D eigenvalue weighted by Gasteiger charge is -2.17. The van der Waals surface area contributed by atoms with E-state index in [-0.39, 0.29) is 10.5 Å². The number of benzene rings is 2. The van der Waals surface area contributed by atoms with E-state index in [4.69, 9.17) is 0 Å². The van der Waals surface area contributed by atoms with Gasteiger partial charge in [-0.25, -0.2) is 13.1 Å². The molecule has 0 bridgehead atoms. The fourth-order valence-electron chi connectivity index (χ4n) is 2.15. The van der Waals surface area contributed by atoms with Crippen LogP contribution in [0.2, 0.25) is 0 Å². The molecule has 5 nitrogen and oxygen atoms in total. The van der Waals surface area contributed by atoms with E-state index in [0.717, 1.165) is 11.1 Å². The highest BCUT2D eigenvalue weighted by atomic mass is 32.2. The Bertz CT molecular complexity index is 855. The molecule has 0 saturated carbocycles. The zero-order chi connectivity index (χ0) is 16.5. The van der Waals surface area contributed by atoms with Gasteiger partial charge in [0, 0.05) is 36.1 Å². The molecule has 0 fully saturated rings. The molecule has 0 unspecified atom stereocenters. The van der Waals surface area contributed by atoms with Crippen LogP contribution in [0.15, 0.2) is 53.4 Å². The number of anilines is 1. The van der Waals surface area contributed by atoms with Crippen molar-refractivity contribution in [2.45, 2.75) is 11.8 Å². The van der Waals surface area contributed by atoms with E-state index in [1.54, 1.807) is 18.2 Å². The van der Waals surface area contributed by atoms with Gasteiger partial charge in [-0.05, 0) is 19.1 Å². The fourth-order valence-corrected chi connectivity index (χ4v) is 3.41. The third kappa shape index (κ3) is 2.96. The van der Waals surface area contributed by atoms with Crippen molar-refractivity contribution < 1.29 is 13.2 Å². The third-order valence-electron chi connectivity index (χ3n) is 3.25. The summed E-state index contributed by atoms with van der Waals surface area (Å²) in [6.07, 6.45) is 0. The molecule has 2 aromatic rings. The van der Waals surface area contributed by atoms with Gasteiger partial charge in [0.15, 0.2) is 0 Å². The molecular weight excluding hydrogens is 300 g/mol. The molecule has 0 aliphatic carbocycles. The van der Waals surface area contributed by atoms with Crippen molar-refractivity contribution in [3.63, 3.8) is 0 Å². The first-order valence-corrected chi connectivity index (χ1v) is 8.14. The van der Waals surface area contributed by atoms with Gasteiger partial charge >= 0.3 is 0 Å². The van der Waals surface area contributed by atoms with Crippen LogP contribution in [0.4, 0.5) is 5.69 Å². The quantitative estimate of drug-likeness (QED) is 0.878. The summed E-state index contributed by atoms with van der Waals surface area (Å²) in [6.45, 7) is 4.91. The molecule has 0 heterocycles. The highest BCUT2D eigenvalue weighted by Gasteiger charge is 2.21. The number of amides is 1. The number of nitrogens with zero attached hydrogens (tertiary/aromatic N) is 1. The first kappa shape index (κ1) is 16.0. The summed E-state index contributed by atoms with van der Waals surface area (Å²) < 4.78 is 26.9. The summed E-state index contributed by atoms with van der Waals surface area (Å²) >= 11 is 0. The summed E-state index contributed by atoms with van der Waals surface area (Å²) in [5.74, 6) is -0.708. The minimum absolute atomic E-state index is 0.0725. The van der Waals surface area contributed by atoms with Crippen LogP contribution in [-0.2, 0) is 14.8 Å². The number of rotatable bonds is 4. The first-order chi connectivity index (χ1) is 10.2. The van der Waals surface area contributed by atoms with Gasteiger partial charge in [-0.15, -0.1) is 0 Å². The van der Waals surface area contributed by atoms with Crippen LogP contribution in [0, 0.1) is 0 Å². The van der Waals surface area contributed by atoms with E-state index in [1.807, 2.05) is 35.9 Å². The highest BCUT2D eigenvalue weighted by Crippen LogP contribution is 2.30. The van der Waals surface area contributed by atoms with E-state index >= 15 is 0 Å². The summed E-state index contributed by atoms with van der Waals surface area (Å²) in [6, 6.07) is 10.4. The van der Waals surface area contributed by atoms with Gasteiger partial charge in [0.2, 0.25) is 0 Å². The lowest BCUT2D eigenvalue weighted by Crippen LogP contribution is -2.31. The molecule has 2 aromatic carbocycles. The highest BCUT2D eigenvalue weighted by molar-refractivity contribution is 7.90. The average molecular weight is 318 g/mol. The Morgan fingerprint density at radius 1 is 1.09 bits per heavy atom. The Labute approximate surface area is 130 Å². The molecule has 1 N–H and O–H groups in total. The molecule has 116 valence electrons. The van der Waals surface area contributed by atoms with Crippen molar-refractivity contribution in [1.82, 2.24) is 4.72 Å². The van der Waals surface area contributed by atoms with Crippen molar-refractivity contribution in [1.29, 1.82) is 0 Å². The normalized spacial score (nSPS) is 11.2. The molecule has 6 heteroatoms. The molecule has 0 aromatic heterocycles. The molecule has 0 saturated heterocycles. The maximum atomic E-state index is 12.5. The molecule has 0 aliphatic heterocycles. The van der Waals surface area contributed by atoms with Crippen molar-refractivity contribution in [2.75, 3.05) is 19.0 Å². The van der Waals surface area contributed by atoms with E-state index in [1.165, 1.54) is 13.0 Å². The summed E-state index contributed by atoms with van der Waals surface area (Å²) in [4.78, 5) is 13.6. The summed E-state index contributed by atoms with van der Waals surface area (Å²) in [5.41, 5.74) is 1.04. The maximum absolute atomic E-state index is 12.5. The number of sulfonamides is 1. The number of carbonyl (C=O) groups is 1. The lowest BCUT2D eigenvalue weighted by molar-refractivity contribution is -0.115. The topological polar surface area (TPSA) is 66.5 Å². The predicted molar refractivity (Wildman–Crippen MR) is 88.4 cm³/mol. The molecule has 1 amide bonds. The molecule has 0 atom stereocenters. The third-order valence-corrected chi connectivity index (χ3v) is 4.63. The molecule has 0 aliphatic rings. The number of carbonyl (C=O) groups excluding carboxylic acids is 1. The van der Waals surface area contributed by atoms with E-state index in [2.05, 4.69) is 6.58 Å². The van der Waals surface area contributed by atoms with Crippen molar-refractivity contribution >= 4 is 32.4 Å². The number of fused-ring (bicyclic) bond motifs is 1. The lowest BCUT2D eigenvalue weighted by atomic mass is 10.1. The van der Waals surface area contributed by atoms with E-state index < -0.39 is 15.9 Å². The Kier molecular flexibility index (Phi) is 4.23. The van der Waals surface area contributed by atoms with E-state index in [9.17, 15) is 13.2 Å². The molecule has 0 radical (unpaired) electrons. The van der Waals surface area contributed by atoms with Crippen LogP contribution in [0.5, 0.6) is 0 Å². The Hall–Kier alpha value is -2.34. The summed E-state index contributed by atoms with van der Waals surface area (Å²) in [5, 5.41) is 1.37. The average Bonchev–Trinajstić information content (AvgIpc) is 2.45. The minimum atomic E-state index is -3.95. The number of hydrogen-bond acceptors (Lipinski definition) is 4. The molecular formula is C16H18N2O3S. The monoisotopic (exact) mass is 318 g/mol. The van der Waals surface area contributed by atoms with Gasteiger partial charge in [0.25, 0.3) is 15.9 Å². The maximum Gasteiger partial charge on any atom is 0.264 e.